The normalized spacial score (nSPS) is 30.2. The van der Waals surface area contributed by atoms with Crippen LogP contribution in [0.4, 0.5) is 0 Å². The summed E-state index contributed by atoms with van der Waals surface area (Å²) >= 11 is 0. The first kappa shape index (κ1) is 9.00. The summed E-state index contributed by atoms with van der Waals surface area (Å²) in [5, 5.41) is 0. The molecule has 1 fully saturated rings. The Morgan fingerprint density at radius 1 is 1.36 bits per heavy atom. The molecule has 1 rings (SSSR count). The summed E-state index contributed by atoms with van der Waals surface area (Å²) in [6.45, 7) is 7.61. The molecule has 0 aromatic carbocycles. The number of allylic oxidation sites excluding steroid dienone is 2. The molecule has 0 amide bonds. The maximum Gasteiger partial charge on any atom is -0.0145 e. The van der Waals surface area contributed by atoms with E-state index < -0.39 is 0 Å². The number of rotatable bonds is 4. The summed E-state index contributed by atoms with van der Waals surface area (Å²) in [5.41, 5.74) is 0.973. The van der Waals surface area contributed by atoms with Crippen LogP contribution >= 0.6 is 7.92 Å². The van der Waals surface area contributed by atoms with Gasteiger partial charge >= 0.3 is 0 Å². The van der Waals surface area contributed by atoms with Gasteiger partial charge in [-0.1, -0.05) is 20.1 Å². The van der Waals surface area contributed by atoms with Crippen LogP contribution in [-0.4, -0.2) is 18.0 Å². The average molecular weight is 168 g/mol. The summed E-state index contributed by atoms with van der Waals surface area (Å²) in [4.78, 5) is 0. The fourth-order valence-corrected chi connectivity index (χ4v) is 4.52. The predicted molar refractivity (Wildman–Crippen MR) is 54.7 cm³/mol. The van der Waals surface area contributed by atoms with Crippen LogP contribution in [0, 0.1) is 0 Å². The fraction of sp³-hybridized carbons (Fsp3) is 0.600. The quantitative estimate of drug-likeness (QED) is 0.446. The lowest BCUT2D eigenvalue weighted by Gasteiger charge is -2.16. The van der Waals surface area contributed by atoms with Crippen molar-refractivity contribution in [2.75, 3.05) is 12.3 Å². The van der Waals surface area contributed by atoms with Crippen molar-refractivity contribution in [2.45, 2.75) is 24.9 Å². The molecule has 11 heavy (non-hydrogen) atoms. The highest BCUT2D eigenvalue weighted by atomic mass is 31.1. The van der Waals surface area contributed by atoms with Gasteiger partial charge in [-0.05, 0) is 37.2 Å². The molecule has 62 valence electrons. The SMILES string of the molecule is C=CCC1CCCP1CC=C. The van der Waals surface area contributed by atoms with Crippen LogP contribution in [0.15, 0.2) is 25.3 Å². The fourth-order valence-electron chi connectivity index (χ4n) is 1.76. The molecule has 0 radical (unpaired) electrons. The molecular weight excluding hydrogens is 151 g/mol. The van der Waals surface area contributed by atoms with Gasteiger partial charge in [0, 0.05) is 0 Å². The van der Waals surface area contributed by atoms with Crippen molar-refractivity contribution >= 4 is 7.92 Å². The van der Waals surface area contributed by atoms with Crippen LogP contribution < -0.4 is 0 Å². The van der Waals surface area contributed by atoms with Crippen LogP contribution in [0.3, 0.4) is 0 Å². The van der Waals surface area contributed by atoms with Gasteiger partial charge in [0.05, 0.1) is 0 Å². The van der Waals surface area contributed by atoms with E-state index in [9.17, 15) is 0 Å². The molecule has 1 heterocycles. The lowest BCUT2D eigenvalue weighted by atomic mass is 10.2. The number of hydrogen-bond donors (Lipinski definition) is 0. The van der Waals surface area contributed by atoms with Crippen molar-refractivity contribution in [1.29, 1.82) is 0 Å². The molecule has 1 aliphatic rings. The lowest BCUT2D eigenvalue weighted by molar-refractivity contribution is 0.788. The van der Waals surface area contributed by atoms with Crippen molar-refractivity contribution in [3.05, 3.63) is 25.3 Å². The van der Waals surface area contributed by atoms with E-state index in [1.165, 1.54) is 31.6 Å². The van der Waals surface area contributed by atoms with E-state index in [4.69, 9.17) is 0 Å². The molecule has 2 atom stereocenters. The number of hydrogen-bond acceptors (Lipinski definition) is 0. The Morgan fingerprint density at radius 3 is 2.82 bits per heavy atom. The maximum absolute atomic E-state index is 3.81. The molecule has 0 nitrogen and oxygen atoms in total. The third kappa shape index (κ3) is 2.45. The Labute approximate surface area is 71.1 Å². The van der Waals surface area contributed by atoms with Crippen LogP contribution in [0.25, 0.3) is 0 Å². The molecule has 0 bridgehead atoms. The molecule has 0 aliphatic carbocycles. The summed E-state index contributed by atoms with van der Waals surface area (Å²) in [6.07, 6.45) is 11.0. The van der Waals surface area contributed by atoms with E-state index in [1.54, 1.807) is 0 Å². The highest BCUT2D eigenvalue weighted by Crippen LogP contribution is 2.51. The molecule has 0 N–H and O–H groups in total. The minimum Gasteiger partial charge on any atom is -0.103 e. The van der Waals surface area contributed by atoms with Gasteiger partial charge in [0.25, 0.3) is 0 Å². The summed E-state index contributed by atoms with van der Waals surface area (Å²) in [6, 6.07) is 0. The van der Waals surface area contributed by atoms with Crippen LogP contribution in [0.2, 0.25) is 0 Å². The molecule has 0 spiro atoms. The molecule has 2 unspecified atom stereocenters. The summed E-state index contributed by atoms with van der Waals surface area (Å²) in [7, 11) is 0.296. The second-order valence-corrected chi connectivity index (χ2v) is 5.82. The van der Waals surface area contributed by atoms with E-state index in [1.807, 2.05) is 0 Å². The summed E-state index contributed by atoms with van der Waals surface area (Å²) < 4.78 is 0. The average Bonchev–Trinajstić information content (AvgIpc) is 2.39. The van der Waals surface area contributed by atoms with Gasteiger partial charge in [-0.3, -0.25) is 0 Å². The summed E-state index contributed by atoms with van der Waals surface area (Å²) in [5.74, 6) is 0. The minimum absolute atomic E-state index is 0.296. The van der Waals surface area contributed by atoms with Gasteiger partial charge in [-0.2, -0.15) is 0 Å². The Hall–Kier alpha value is -0.0900. The van der Waals surface area contributed by atoms with Crippen molar-refractivity contribution in [2.24, 2.45) is 0 Å². The zero-order valence-electron chi connectivity index (χ0n) is 7.13. The molecule has 1 heteroatoms. The van der Waals surface area contributed by atoms with Gasteiger partial charge < -0.3 is 0 Å². The van der Waals surface area contributed by atoms with E-state index in [2.05, 4.69) is 25.3 Å². The standard InChI is InChI=1S/C10H17P/c1-3-6-10-7-5-9-11(10)8-4-2/h3-4,10H,1-2,5-9H2. The van der Waals surface area contributed by atoms with Crippen molar-refractivity contribution in [3.8, 4) is 0 Å². The Kier molecular flexibility index (Phi) is 3.86. The first-order valence-electron chi connectivity index (χ1n) is 4.34. The van der Waals surface area contributed by atoms with E-state index in [0.717, 1.165) is 5.66 Å². The molecule has 0 aromatic heterocycles. The minimum atomic E-state index is 0.296. The molecule has 1 saturated heterocycles. The van der Waals surface area contributed by atoms with Crippen molar-refractivity contribution in [3.63, 3.8) is 0 Å². The smallest absolute Gasteiger partial charge is 0.0145 e. The third-order valence-corrected chi connectivity index (χ3v) is 5.42. The van der Waals surface area contributed by atoms with E-state index in [0.29, 0.717) is 7.92 Å². The molecule has 1 aliphatic heterocycles. The van der Waals surface area contributed by atoms with Gasteiger partial charge in [-0.25, -0.2) is 0 Å². The highest BCUT2D eigenvalue weighted by Gasteiger charge is 2.23. The Balaban J connectivity index is 2.36. The Morgan fingerprint density at radius 2 is 2.18 bits per heavy atom. The highest BCUT2D eigenvalue weighted by molar-refractivity contribution is 7.58. The third-order valence-electron chi connectivity index (χ3n) is 2.30. The molecular formula is C10H17P. The van der Waals surface area contributed by atoms with Crippen LogP contribution in [-0.2, 0) is 0 Å². The van der Waals surface area contributed by atoms with E-state index in [-0.39, 0.29) is 0 Å². The van der Waals surface area contributed by atoms with E-state index >= 15 is 0 Å². The van der Waals surface area contributed by atoms with Gasteiger partial charge in [0.1, 0.15) is 0 Å². The Bertz CT molecular complexity index is 124. The molecule has 0 aromatic rings. The topological polar surface area (TPSA) is 0 Å². The maximum atomic E-state index is 3.81. The van der Waals surface area contributed by atoms with Crippen LogP contribution in [0.1, 0.15) is 19.3 Å². The van der Waals surface area contributed by atoms with Gasteiger partial charge in [-0.15, -0.1) is 13.2 Å². The first-order valence-corrected chi connectivity index (χ1v) is 6.12. The van der Waals surface area contributed by atoms with Crippen molar-refractivity contribution in [1.82, 2.24) is 0 Å². The predicted octanol–water partition coefficient (Wildman–Crippen LogP) is 3.39. The largest absolute Gasteiger partial charge is 0.103 e. The molecule has 0 saturated carbocycles. The zero-order chi connectivity index (χ0) is 8.10. The first-order chi connectivity index (χ1) is 5.38. The lowest BCUT2D eigenvalue weighted by Crippen LogP contribution is -1.98. The van der Waals surface area contributed by atoms with Crippen LogP contribution in [0.5, 0.6) is 0 Å². The second-order valence-electron chi connectivity index (χ2n) is 3.10. The second kappa shape index (κ2) is 4.72. The van der Waals surface area contributed by atoms with Gasteiger partial charge in [0.15, 0.2) is 0 Å². The van der Waals surface area contributed by atoms with Gasteiger partial charge in [0.2, 0.25) is 0 Å². The van der Waals surface area contributed by atoms with Crippen molar-refractivity contribution < 1.29 is 0 Å². The zero-order valence-corrected chi connectivity index (χ0v) is 8.02. The monoisotopic (exact) mass is 168 g/mol.